The van der Waals surface area contributed by atoms with E-state index in [1.54, 1.807) is 31.5 Å². The van der Waals surface area contributed by atoms with E-state index in [4.69, 9.17) is 0 Å². The molecular formula is C22H23N3O3S. The summed E-state index contributed by atoms with van der Waals surface area (Å²) in [7, 11) is -2.60. The molecule has 0 aliphatic rings. The zero-order valence-electron chi connectivity index (χ0n) is 16.5. The summed E-state index contributed by atoms with van der Waals surface area (Å²) in [5.74, 6) is 0.264. The number of rotatable bonds is 6. The average molecular weight is 410 g/mol. The molecule has 1 N–H and O–H groups in total. The molecule has 29 heavy (non-hydrogen) atoms. The van der Waals surface area contributed by atoms with Crippen molar-refractivity contribution >= 4 is 16.6 Å². The maximum atomic E-state index is 12.9. The fourth-order valence-corrected chi connectivity index (χ4v) is 3.45. The molecule has 0 unspecified atom stereocenters. The molecule has 1 amide bonds. The van der Waals surface area contributed by atoms with Crippen LogP contribution < -0.4 is 5.32 Å². The number of thiol groups is 1. The number of carbonyl (C=O) groups excluding carboxylic acids is 1. The molecule has 7 heteroatoms. The van der Waals surface area contributed by atoms with E-state index in [1.807, 2.05) is 44.2 Å². The molecule has 0 radical (unpaired) electrons. The Hall–Kier alpha value is -3.06. The number of hydrogen-bond donors (Lipinski definition) is 2. The fraction of sp³-hybridized carbons (Fsp3) is 0.227. The minimum absolute atomic E-state index is 0.114. The normalized spacial score (nSPS) is 12.0. The van der Waals surface area contributed by atoms with Crippen molar-refractivity contribution < 1.29 is 13.2 Å². The van der Waals surface area contributed by atoms with E-state index in [1.165, 1.54) is 0 Å². The van der Waals surface area contributed by atoms with Gasteiger partial charge in [-0.3, -0.25) is 4.79 Å². The lowest BCUT2D eigenvalue weighted by atomic mass is 9.99. The molecule has 1 heterocycles. The van der Waals surface area contributed by atoms with Gasteiger partial charge in [-0.1, -0.05) is 35.9 Å². The van der Waals surface area contributed by atoms with E-state index in [0.29, 0.717) is 17.0 Å². The van der Waals surface area contributed by atoms with Crippen LogP contribution in [-0.2, 0) is 16.5 Å². The van der Waals surface area contributed by atoms with Gasteiger partial charge in [0.05, 0.1) is 11.8 Å². The Kier molecular flexibility index (Phi) is 6.39. The molecule has 1 aromatic heterocycles. The first-order valence-electron chi connectivity index (χ1n) is 9.24. The molecule has 1 atom stereocenters. The van der Waals surface area contributed by atoms with Crippen LogP contribution in [0.3, 0.4) is 0 Å². The van der Waals surface area contributed by atoms with Gasteiger partial charge in [0.25, 0.3) is 5.91 Å². The van der Waals surface area contributed by atoms with Crippen LogP contribution in [0.15, 0.2) is 54.9 Å². The first kappa shape index (κ1) is 20.7. The van der Waals surface area contributed by atoms with Crippen molar-refractivity contribution in [2.45, 2.75) is 32.6 Å². The summed E-state index contributed by atoms with van der Waals surface area (Å²) < 4.78 is 22.5. The van der Waals surface area contributed by atoms with Gasteiger partial charge in [-0.2, -0.15) is 0 Å². The lowest BCUT2D eigenvalue weighted by Crippen LogP contribution is -2.27. The SMILES string of the molecule is Cc1ccc(-c2cc(C[SH](=O)=O)cc(C(=O)N[C@H](C)c3cnc(C)nc3)c2)cc1. The van der Waals surface area contributed by atoms with Gasteiger partial charge >= 0.3 is 0 Å². The summed E-state index contributed by atoms with van der Waals surface area (Å²) in [4.78, 5) is 21.2. The Bertz CT molecular complexity index is 1080. The monoisotopic (exact) mass is 409 g/mol. The Morgan fingerprint density at radius 3 is 2.28 bits per heavy atom. The van der Waals surface area contributed by atoms with Crippen LogP contribution in [0, 0.1) is 13.8 Å². The lowest BCUT2D eigenvalue weighted by molar-refractivity contribution is 0.0939. The van der Waals surface area contributed by atoms with E-state index in [-0.39, 0.29) is 17.7 Å². The van der Waals surface area contributed by atoms with Gasteiger partial charge in [-0.15, -0.1) is 0 Å². The first-order chi connectivity index (χ1) is 13.8. The van der Waals surface area contributed by atoms with Crippen molar-refractivity contribution in [2.24, 2.45) is 0 Å². The summed E-state index contributed by atoms with van der Waals surface area (Å²) >= 11 is 0. The molecule has 3 rings (SSSR count). The highest BCUT2D eigenvalue weighted by molar-refractivity contribution is 7.71. The number of amides is 1. The molecule has 0 saturated heterocycles. The van der Waals surface area contributed by atoms with E-state index < -0.39 is 10.7 Å². The number of aryl methyl sites for hydroxylation is 2. The zero-order valence-corrected chi connectivity index (χ0v) is 17.4. The van der Waals surface area contributed by atoms with E-state index in [2.05, 4.69) is 15.3 Å². The Labute approximate surface area is 172 Å². The third-order valence-corrected chi connectivity index (χ3v) is 5.22. The molecule has 0 aliphatic heterocycles. The molecular weight excluding hydrogens is 386 g/mol. The molecule has 150 valence electrons. The summed E-state index contributed by atoms with van der Waals surface area (Å²) in [6.45, 7) is 5.65. The van der Waals surface area contributed by atoms with Crippen molar-refractivity contribution in [3.05, 3.63) is 82.9 Å². The molecule has 6 nitrogen and oxygen atoms in total. The van der Waals surface area contributed by atoms with Gasteiger partial charge in [0.15, 0.2) is 0 Å². The lowest BCUT2D eigenvalue weighted by Gasteiger charge is -2.15. The second kappa shape index (κ2) is 8.96. The predicted molar refractivity (Wildman–Crippen MR) is 113 cm³/mol. The number of aromatic nitrogens is 2. The van der Waals surface area contributed by atoms with Crippen LogP contribution in [-0.4, -0.2) is 24.3 Å². The van der Waals surface area contributed by atoms with Gasteiger partial charge in [-0.05, 0) is 49.6 Å². The smallest absolute Gasteiger partial charge is 0.251 e. The molecule has 0 fully saturated rings. The highest BCUT2D eigenvalue weighted by Crippen LogP contribution is 2.24. The number of benzene rings is 2. The van der Waals surface area contributed by atoms with E-state index in [9.17, 15) is 13.2 Å². The van der Waals surface area contributed by atoms with Crippen LogP contribution in [0.5, 0.6) is 0 Å². The second-order valence-corrected chi connectivity index (χ2v) is 8.02. The second-order valence-electron chi connectivity index (χ2n) is 7.03. The van der Waals surface area contributed by atoms with Gasteiger partial charge < -0.3 is 5.32 Å². The number of nitrogens with zero attached hydrogens (tertiary/aromatic N) is 2. The van der Waals surface area contributed by atoms with Crippen LogP contribution in [0.1, 0.15) is 45.8 Å². The topological polar surface area (TPSA) is 89.0 Å². The maximum absolute atomic E-state index is 12.9. The van der Waals surface area contributed by atoms with Gasteiger partial charge in [0.1, 0.15) is 16.5 Å². The zero-order chi connectivity index (χ0) is 21.0. The van der Waals surface area contributed by atoms with E-state index >= 15 is 0 Å². The Morgan fingerprint density at radius 1 is 1.00 bits per heavy atom. The van der Waals surface area contributed by atoms with Crippen LogP contribution in [0.25, 0.3) is 11.1 Å². The number of nitrogens with one attached hydrogen (secondary N) is 1. The molecule has 0 spiro atoms. The Balaban J connectivity index is 1.91. The summed E-state index contributed by atoms with van der Waals surface area (Å²) in [5.41, 5.74) is 4.63. The third kappa shape index (κ3) is 5.48. The number of hydrogen-bond acceptors (Lipinski definition) is 5. The van der Waals surface area contributed by atoms with Crippen LogP contribution >= 0.6 is 0 Å². The first-order valence-corrected chi connectivity index (χ1v) is 10.6. The molecule has 0 bridgehead atoms. The van der Waals surface area contributed by atoms with Crippen molar-refractivity contribution in [1.29, 1.82) is 0 Å². The van der Waals surface area contributed by atoms with Crippen LogP contribution in [0.2, 0.25) is 0 Å². The van der Waals surface area contributed by atoms with Crippen LogP contribution in [0.4, 0.5) is 0 Å². The minimum atomic E-state index is -2.60. The Morgan fingerprint density at radius 2 is 1.66 bits per heavy atom. The standard InChI is InChI=1S/C22H23N3O3S/c1-14-4-6-18(7-5-14)19-8-17(13-29(27)28)9-20(10-19)22(26)25-15(2)21-11-23-16(3)24-12-21/h4-12,15,29H,13H2,1-3H3,(H,25,26)/t15-/m1/s1. The van der Waals surface area contributed by atoms with Gasteiger partial charge in [0, 0.05) is 23.5 Å². The number of carbonyl (C=O) groups is 1. The molecule has 0 saturated carbocycles. The highest BCUT2D eigenvalue weighted by atomic mass is 32.2. The van der Waals surface area contributed by atoms with Gasteiger partial charge in [-0.25, -0.2) is 18.4 Å². The molecule has 0 aliphatic carbocycles. The quantitative estimate of drug-likeness (QED) is 0.610. The third-order valence-electron chi connectivity index (χ3n) is 4.60. The fourth-order valence-electron chi connectivity index (χ4n) is 2.97. The molecule has 3 aromatic rings. The van der Waals surface area contributed by atoms with Crippen molar-refractivity contribution in [1.82, 2.24) is 15.3 Å². The van der Waals surface area contributed by atoms with Crippen molar-refractivity contribution in [3.63, 3.8) is 0 Å². The predicted octanol–water partition coefficient (Wildman–Crippen LogP) is 3.36. The summed E-state index contributed by atoms with van der Waals surface area (Å²) in [5, 5.41) is 2.93. The highest BCUT2D eigenvalue weighted by Gasteiger charge is 2.15. The van der Waals surface area contributed by atoms with E-state index in [0.717, 1.165) is 22.3 Å². The maximum Gasteiger partial charge on any atom is 0.251 e. The molecule has 2 aromatic carbocycles. The van der Waals surface area contributed by atoms with Crippen molar-refractivity contribution in [2.75, 3.05) is 0 Å². The average Bonchev–Trinajstić information content (AvgIpc) is 2.68. The summed E-state index contributed by atoms with van der Waals surface area (Å²) in [6.07, 6.45) is 3.37. The van der Waals surface area contributed by atoms with Gasteiger partial charge in [0.2, 0.25) is 0 Å². The summed E-state index contributed by atoms with van der Waals surface area (Å²) in [6, 6.07) is 12.8. The van der Waals surface area contributed by atoms with Crippen molar-refractivity contribution in [3.8, 4) is 11.1 Å². The largest absolute Gasteiger partial charge is 0.345 e. The minimum Gasteiger partial charge on any atom is -0.345 e.